The molecule has 1 aromatic carbocycles. The maximum atomic E-state index is 5.76. The molecular weight excluding hydrogens is 276 g/mol. The molecule has 3 heteroatoms. The average Bonchev–Trinajstić information content (AvgIpc) is 2.21. The van der Waals surface area contributed by atoms with Crippen LogP contribution in [0, 0.1) is 11.8 Å². The van der Waals surface area contributed by atoms with Crippen molar-refractivity contribution in [3.8, 4) is 0 Å². The van der Waals surface area contributed by atoms with Crippen molar-refractivity contribution < 1.29 is 0 Å². The summed E-state index contributed by atoms with van der Waals surface area (Å²) in [6.07, 6.45) is 1.36. The number of nitrogen functional groups attached to an aromatic ring is 1. The van der Waals surface area contributed by atoms with Crippen molar-refractivity contribution in [2.75, 3.05) is 18.8 Å². The van der Waals surface area contributed by atoms with E-state index in [0.717, 1.165) is 28.5 Å². The summed E-state index contributed by atoms with van der Waals surface area (Å²) in [5.74, 6) is 1.62. The lowest BCUT2D eigenvalue weighted by Crippen LogP contribution is -2.38. The zero-order valence-corrected chi connectivity index (χ0v) is 12.2. The molecule has 17 heavy (non-hydrogen) atoms. The van der Waals surface area contributed by atoms with Gasteiger partial charge in [-0.1, -0.05) is 35.8 Å². The Bertz CT molecular complexity index is 382. The maximum absolute atomic E-state index is 5.76. The van der Waals surface area contributed by atoms with Crippen LogP contribution in [0.4, 0.5) is 5.69 Å². The molecule has 1 fully saturated rings. The molecule has 0 spiro atoms. The third kappa shape index (κ3) is 3.46. The van der Waals surface area contributed by atoms with Gasteiger partial charge in [0.2, 0.25) is 0 Å². The van der Waals surface area contributed by atoms with Crippen LogP contribution in [-0.4, -0.2) is 18.0 Å². The minimum absolute atomic E-state index is 0.811. The van der Waals surface area contributed by atoms with Crippen molar-refractivity contribution in [2.45, 2.75) is 26.8 Å². The van der Waals surface area contributed by atoms with Gasteiger partial charge in [0.1, 0.15) is 0 Å². The molecular formula is C14H21BrN2. The fourth-order valence-electron chi connectivity index (χ4n) is 2.85. The Morgan fingerprint density at radius 1 is 1.29 bits per heavy atom. The highest BCUT2D eigenvalue weighted by molar-refractivity contribution is 9.10. The van der Waals surface area contributed by atoms with Crippen LogP contribution in [0.15, 0.2) is 22.7 Å². The molecule has 0 saturated carbocycles. The summed E-state index contributed by atoms with van der Waals surface area (Å²) in [5.41, 5.74) is 7.92. The minimum Gasteiger partial charge on any atom is -0.399 e. The smallest absolute Gasteiger partial charge is 0.0325 e. The minimum atomic E-state index is 0.811. The molecule has 0 aliphatic carbocycles. The number of anilines is 1. The molecule has 2 N–H and O–H groups in total. The number of benzene rings is 1. The predicted molar refractivity (Wildman–Crippen MR) is 76.8 cm³/mol. The van der Waals surface area contributed by atoms with E-state index in [4.69, 9.17) is 5.73 Å². The third-order valence-corrected chi connectivity index (χ3v) is 4.15. The number of likely N-dealkylation sites (tertiary alicyclic amines) is 1. The number of hydrogen-bond acceptors (Lipinski definition) is 2. The molecule has 0 bridgehead atoms. The van der Waals surface area contributed by atoms with Crippen LogP contribution < -0.4 is 5.73 Å². The molecule has 1 aliphatic heterocycles. The largest absolute Gasteiger partial charge is 0.399 e. The van der Waals surface area contributed by atoms with Gasteiger partial charge in [-0.05, 0) is 36.0 Å². The summed E-state index contributed by atoms with van der Waals surface area (Å²) in [4.78, 5) is 2.55. The molecule has 1 heterocycles. The summed E-state index contributed by atoms with van der Waals surface area (Å²) in [5, 5.41) is 0. The Morgan fingerprint density at radius 2 is 1.94 bits per heavy atom. The highest BCUT2D eigenvalue weighted by atomic mass is 79.9. The second-order valence-corrected chi connectivity index (χ2v) is 6.35. The van der Waals surface area contributed by atoms with Crippen molar-refractivity contribution in [1.29, 1.82) is 0 Å². The van der Waals surface area contributed by atoms with E-state index in [1.165, 1.54) is 25.1 Å². The van der Waals surface area contributed by atoms with Gasteiger partial charge in [-0.2, -0.15) is 0 Å². The van der Waals surface area contributed by atoms with Gasteiger partial charge in [-0.15, -0.1) is 0 Å². The van der Waals surface area contributed by atoms with E-state index in [-0.39, 0.29) is 0 Å². The first kappa shape index (κ1) is 12.9. The Morgan fingerprint density at radius 3 is 2.53 bits per heavy atom. The summed E-state index contributed by atoms with van der Waals surface area (Å²) < 4.78 is 1.13. The Labute approximate surface area is 112 Å². The lowest BCUT2D eigenvalue weighted by Gasteiger charge is -2.35. The molecule has 2 atom stereocenters. The zero-order chi connectivity index (χ0) is 12.4. The number of hydrogen-bond donors (Lipinski definition) is 1. The second kappa shape index (κ2) is 5.40. The molecule has 1 saturated heterocycles. The van der Waals surface area contributed by atoms with E-state index in [1.807, 2.05) is 12.1 Å². The van der Waals surface area contributed by atoms with Crippen LogP contribution in [-0.2, 0) is 6.54 Å². The zero-order valence-electron chi connectivity index (χ0n) is 10.6. The van der Waals surface area contributed by atoms with Crippen molar-refractivity contribution in [3.05, 3.63) is 28.2 Å². The molecule has 94 valence electrons. The number of halogens is 1. The van der Waals surface area contributed by atoms with Crippen LogP contribution in [0.3, 0.4) is 0 Å². The fourth-order valence-corrected chi connectivity index (χ4v) is 3.38. The van der Waals surface area contributed by atoms with Gasteiger partial charge in [0, 0.05) is 29.8 Å². The Balaban J connectivity index is 2.04. The van der Waals surface area contributed by atoms with Crippen LogP contribution in [0.1, 0.15) is 25.8 Å². The van der Waals surface area contributed by atoms with Gasteiger partial charge in [-0.25, -0.2) is 0 Å². The van der Waals surface area contributed by atoms with Crippen molar-refractivity contribution in [2.24, 2.45) is 11.8 Å². The van der Waals surface area contributed by atoms with Crippen LogP contribution in [0.25, 0.3) is 0 Å². The lowest BCUT2D eigenvalue weighted by molar-refractivity contribution is 0.134. The van der Waals surface area contributed by atoms with E-state index >= 15 is 0 Å². The maximum Gasteiger partial charge on any atom is 0.0325 e. The quantitative estimate of drug-likeness (QED) is 0.846. The normalized spacial score (nSPS) is 26.1. The lowest BCUT2D eigenvalue weighted by atomic mass is 9.91. The van der Waals surface area contributed by atoms with Crippen LogP contribution in [0.5, 0.6) is 0 Å². The van der Waals surface area contributed by atoms with Gasteiger partial charge < -0.3 is 5.73 Å². The van der Waals surface area contributed by atoms with E-state index in [9.17, 15) is 0 Å². The second-order valence-electron chi connectivity index (χ2n) is 5.49. The molecule has 1 aromatic rings. The van der Waals surface area contributed by atoms with Crippen molar-refractivity contribution >= 4 is 21.6 Å². The molecule has 0 unspecified atom stereocenters. The standard InChI is InChI=1S/C14H21BrN2/c1-10-5-11(2)8-17(7-10)9-12-3-4-13(16)6-14(12)15/h3-4,6,10-11H,5,7-9,16H2,1-2H3/t10-,11-/m0/s1. The van der Waals surface area contributed by atoms with Crippen molar-refractivity contribution in [3.63, 3.8) is 0 Å². The number of nitrogens with two attached hydrogens (primary N) is 1. The number of piperidine rings is 1. The fraction of sp³-hybridized carbons (Fsp3) is 0.571. The average molecular weight is 297 g/mol. The monoisotopic (exact) mass is 296 g/mol. The van der Waals surface area contributed by atoms with E-state index in [2.05, 4.69) is 40.7 Å². The highest BCUT2D eigenvalue weighted by Crippen LogP contribution is 2.26. The van der Waals surface area contributed by atoms with Gasteiger partial charge in [0.15, 0.2) is 0 Å². The Hall–Kier alpha value is -0.540. The van der Waals surface area contributed by atoms with Gasteiger partial charge >= 0.3 is 0 Å². The molecule has 2 nitrogen and oxygen atoms in total. The first-order valence-electron chi connectivity index (χ1n) is 6.31. The van der Waals surface area contributed by atoms with E-state index in [0.29, 0.717) is 0 Å². The van der Waals surface area contributed by atoms with E-state index in [1.54, 1.807) is 0 Å². The number of nitrogens with zero attached hydrogens (tertiary/aromatic N) is 1. The molecule has 0 aromatic heterocycles. The SMILES string of the molecule is C[C@H]1C[C@H](C)CN(Cc2ccc(N)cc2Br)C1. The first-order chi connectivity index (χ1) is 8.04. The van der Waals surface area contributed by atoms with Crippen LogP contribution in [0.2, 0.25) is 0 Å². The summed E-state index contributed by atoms with van der Waals surface area (Å²) in [7, 11) is 0. The van der Waals surface area contributed by atoms with Gasteiger partial charge in [-0.3, -0.25) is 4.90 Å². The summed E-state index contributed by atoms with van der Waals surface area (Å²) in [6.45, 7) is 8.14. The molecule has 2 rings (SSSR count). The number of rotatable bonds is 2. The van der Waals surface area contributed by atoms with Crippen LogP contribution >= 0.6 is 15.9 Å². The predicted octanol–water partition coefficient (Wildman–Crippen LogP) is 3.51. The molecule has 0 radical (unpaired) electrons. The highest BCUT2D eigenvalue weighted by Gasteiger charge is 2.22. The van der Waals surface area contributed by atoms with E-state index < -0.39 is 0 Å². The third-order valence-electron chi connectivity index (χ3n) is 3.42. The summed E-state index contributed by atoms with van der Waals surface area (Å²) >= 11 is 3.60. The van der Waals surface area contributed by atoms with Gasteiger partial charge in [0.05, 0.1) is 0 Å². The Kier molecular flexibility index (Phi) is 4.10. The van der Waals surface area contributed by atoms with Crippen molar-refractivity contribution in [1.82, 2.24) is 4.90 Å². The molecule has 1 aliphatic rings. The van der Waals surface area contributed by atoms with Gasteiger partial charge in [0.25, 0.3) is 0 Å². The summed E-state index contributed by atoms with van der Waals surface area (Å²) in [6, 6.07) is 6.10. The molecule has 0 amide bonds. The topological polar surface area (TPSA) is 29.3 Å². The first-order valence-corrected chi connectivity index (χ1v) is 7.10.